The molecule has 2 heteroatoms. The third-order valence-electron chi connectivity index (χ3n) is 12.0. The predicted octanol–water partition coefficient (Wildman–Crippen LogP) is 15.4. The van der Waals surface area contributed by atoms with E-state index in [1.165, 1.54) is 186 Å². The number of nitrogen functional groups attached to an aromatic ring is 2. The van der Waals surface area contributed by atoms with Crippen LogP contribution in [0.5, 0.6) is 0 Å². The largest absolute Gasteiger partial charge is 0.399 e. The third-order valence-corrected chi connectivity index (χ3v) is 12.0. The lowest BCUT2D eigenvalue weighted by atomic mass is 9.84. The number of benzene rings is 4. The first-order chi connectivity index (χ1) is 26.4. The van der Waals surface area contributed by atoms with Crippen molar-refractivity contribution < 1.29 is 0 Å². The molecule has 0 aliphatic carbocycles. The van der Waals surface area contributed by atoms with E-state index < -0.39 is 0 Å². The minimum atomic E-state index is 0.464. The quantitative estimate of drug-likeness (QED) is 0.0474. The average molecular weight is 729 g/mol. The van der Waals surface area contributed by atoms with Crippen LogP contribution in [0.4, 0.5) is 11.4 Å². The van der Waals surface area contributed by atoms with Gasteiger partial charge in [-0.25, -0.2) is 0 Å². The van der Waals surface area contributed by atoms with Gasteiger partial charge in [-0.1, -0.05) is 177 Å². The van der Waals surface area contributed by atoms with Crippen LogP contribution in [0, 0.1) is 13.8 Å². The van der Waals surface area contributed by atoms with Gasteiger partial charge in [-0.05, 0) is 121 Å². The summed E-state index contributed by atoms with van der Waals surface area (Å²) >= 11 is 0. The fourth-order valence-electron chi connectivity index (χ4n) is 8.61. The Morgan fingerprint density at radius 2 is 0.704 bits per heavy atom. The topological polar surface area (TPSA) is 52.0 Å². The van der Waals surface area contributed by atoms with Crippen LogP contribution in [0.3, 0.4) is 0 Å². The van der Waals surface area contributed by atoms with E-state index in [4.69, 9.17) is 11.5 Å². The summed E-state index contributed by atoms with van der Waals surface area (Å²) in [6, 6.07) is 32.0. The lowest BCUT2D eigenvalue weighted by molar-refractivity contribution is 0.533. The maximum atomic E-state index is 6.05. The summed E-state index contributed by atoms with van der Waals surface area (Å²) in [5.74, 6) is 0.928. The Labute approximate surface area is 332 Å². The Morgan fingerprint density at radius 1 is 0.389 bits per heavy atom. The summed E-state index contributed by atoms with van der Waals surface area (Å²) in [6.45, 7) is 8.99. The molecule has 0 heterocycles. The summed E-state index contributed by atoms with van der Waals surface area (Å²) in [4.78, 5) is 0. The first-order valence-corrected chi connectivity index (χ1v) is 22.3. The minimum absolute atomic E-state index is 0.464. The molecular formula is C52H76N2. The summed E-state index contributed by atoms with van der Waals surface area (Å²) in [6.07, 6.45) is 29.2. The van der Waals surface area contributed by atoms with Gasteiger partial charge in [0.05, 0.1) is 0 Å². The van der Waals surface area contributed by atoms with Crippen molar-refractivity contribution in [1.82, 2.24) is 0 Å². The molecule has 54 heavy (non-hydrogen) atoms. The zero-order valence-electron chi connectivity index (χ0n) is 34.9. The molecule has 0 aromatic heterocycles. The van der Waals surface area contributed by atoms with E-state index in [1.807, 2.05) is 0 Å². The van der Waals surface area contributed by atoms with Gasteiger partial charge in [-0.3, -0.25) is 0 Å². The molecule has 2 atom stereocenters. The second-order valence-electron chi connectivity index (χ2n) is 16.6. The molecule has 4 N–H and O–H groups in total. The van der Waals surface area contributed by atoms with Crippen molar-refractivity contribution in [2.45, 2.75) is 181 Å². The van der Waals surface area contributed by atoms with E-state index >= 15 is 0 Å². The summed E-state index contributed by atoms with van der Waals surface area (Å²) in [5.41, 5.74) is 25.2. The van der Waals surface area contributed by atoms with E-state index in [0.717, 1.165) is 11.4 Å². The number of rotatable bonds is 27. The molecule has 2 nitrogen and oxygen atoms in total. The normalized spacial score (nSPS) is 12.6. The lowest BCUT2D eigenvalue weighted by Gasteiger charge is -2.21. The molecule has 0 bridgehead atoms. The molecule has 0 fully saturated rings. The van der Waals surface area contributed by atoms with Crippen molar-refractivity contribution in [2.24, 2.45) is 0 Å². The first-order valence-electron chi connectivity index (χ1n) is 22.3. The van der Waals surface area contributed by atoms with Crippen LogP contribution in [-0.2, 0) is 12.8 Å². The van der Waals surface area contributed by atoms with Crippen LogP contribution >= 0.6 is 0 Å². The number of hydrogen-bond acceptors (Lipinski definition) is 2. The highest BCUT2D eigenvalue weighted by Crippen LogP contribution is 2.34. The second kappa shape index (κ2) is 24.8. The number of aryl methyl sites for hydroxylation is 4. The molecule has 2 unspecified atom stereocenters. The highest BCUT2D eigenvalue weighted by atomic mass is 14.5. The molecule has 4 aromatic rings. The van der Waals surface area contributed by atoms with Crippen molar-refractivity contribution >= 4 is 11.4 Å². The van der Waals surface area contributed by atoms with Gasteiger partial charge >= 0.3 is 0 Å². The lowest BCUT2D eigenvalue weighted by Crippen LogP contribution is -2.04. The molecule has 294 valence electrons. The summed E-state index contributed by atoms with van der Waals surface area (Å²) < 4.78 is 0. The van der Waals surface area contributed by atoms with Crippen LogP contribution in [0.15, 0.2) is 84.9 Å². The van der Waals surface area contributed by atoms with Gasteiger partial charge in [-0.15, -0.1) is 0 Å². The van der Waals surface area contributed by atoms with E-state index in [1.54, 1.807) is 0 Å². The maximum Gasteiger partial charge on any atom is 0.0316 e. The molecule has 4 rings (SSSR count). The fraction of sp³-hybridized carbons (Fsp3) is 0.538. The fourth-order valence-corrected chi connectivity index (χ4v) is 8.61. The summed E-state index contributed by atoms with van der Waals surface area (Å²) in [5, 5.41) is 0. The van der Waals surface area contributed by atoms with Crippen molar-refractivity contribution in [3.63, 3.8) is 0 Å². The molecule has 0 radical (unpaired) electrons. The monoisotopic (exact) mass is 729 g/mol. The van der Waals surface area contributed by atoms with E-state index in [2.05, 4.69) is 113 Å². The van der Waals surface area contributed by atoms with Crippen LogP contribution in [0.1, 0.15) is 199 Å². The molecule has 0 spiro atoms. The number of hydrogen-bond donors (Lipinski definition) is 2. The number of unbranched alkanes of at least 4 members (excludes halogenated alkanes) is 15. The Kier molecular flexibility index (Phi) is 19.8. The number of nitrogens with two attached hydrogens (primary N) is 2. The third kappa shape index (κ3) is 15.0. The Bertz CT molecular complexity index is 1460. The van der Waals surface area contributed by atoms with Gasteiger partial charge in [0.2, 0.25) is 0 Å². The highest BCUT2D eigenvalue weighted by Gasteiger charge is 2.17. The SMILES string of the molecule is CCCCC(c1ccc(CCCCCCCCCCCCCCCCc2ccc(C(CCCC)c3ccc(N)cc3C)cc2)cc1)c1ccc(N)cc1C. The zero-order chi connectivity index (χ0) is 38.4. The zero-order valence-corrected chi connectivity index (χ0v) is 34.9. The van der Waals surface area contributed by atoms with Gasteiger partial charge in [0.1, 0.15) is 0 Å². The van der Waals surface area contributed by atoms with Crippen molar-refractivity contribution in [3.8, 4) is 0 Å². The predicted molar refractivity (Wildman–Crippen MR) is 239 cm³/mol. The van der Waals surface area contributed by atoms with E-state index in [-0.39, 0.29) is 0 Å². The Hall–Kier alpha value is -3.52. The molecule has 0 aliphatic rings. The van der Waals surface area contributed by atoms with Gasteiger partial charge in [-0.2, -0.15) is 0 Å². The van der Waals surface area contributed by atoms with Crippen molar-refractivity contribution in [1.29, 1.82) is 0 Å². The standard InChI is InChI=1S/C52H76N2/c1-5-7-25-51(49-37-35-47(53)39-41(49)3)45-31-27-43(28-32-45)23-21-19-17-15-13-11-9-10-12-14-16-18-20-22-24-44-29-33-46(34-30-44)52(26-8-6-2)50-38-36-48(54)40-42(50)4/h27-40,51-52H,5-26,53-54H2,1-4H3. The first kappa shape index (κ1) is 43.2. The maximum absolute atomic E-state index is 6.05. The van der Waals surface area contributed by atoms with Crippen molar-refractivity contribution in [3.05, 3.63) is 129 Å². The molecular weight excluding hydrogens is 653 g/mol. The van der Waals surface area contributed by atoms with Gasteiger partial charge in [0.25, 0.3) is 0 Å². The smallest absolute Gasteiger partial charge is 0.0316 e. The van der Waals surface area contributed by atoms with E-state index in [0.29, 0.717) is 11.8 Å². The van der Waals surface area contributed by atoms with Crippen LogP contribution in [-0.4, -0.2) is 0 Å². The van der Waals surface area contributed by atoms with Crippen LogP contribution in [0.25, 0.3) is 0 Å². The average Bonchev–Trinajstić information content (AvgIpc) is 3.17. The minimum Gasteiger partial charge on any atom is -0.399 e. The van der Waals surface area contributed by atoms with E-state index in [9.17, 15) is 0 Å². The van der Waals surface area contributed by atoms with Crippen molar-refractivity contribution in [2.75, 3.05) is 11.5 Å². The van der Waals surface area contributed by atoms with Gasteiger partial charge in [0, 0.05) is 23.2 Å². The molecule has 0 aliphatic heterocycles. The molecule has 4 aromatic carbocycles. The Balaban J connectivity index is 0.988. The summed E-state index contributed by atoms with van der Waals surface area (Å²) in [7, 11) is 0. The van der Waals surface area contributed by atoms with Crippen LogP contribution in [0.2, 0.25) is 0 Å². The van der Waals surface area contributed by atoms with Crippen LogP contribution < -0.4 is 11.5 Å². The molecule has 0 saturated carbocycles. The Morgan fingerprint density at radius 3 is 1.00 bits per heavy atom. The molecule has 0 saturated heterocycles. The highest BCUT2D eigenvalue weighted by molar-refractivity contribution is 5.49. The molecule has 0 amide bonds. The second-order valence-corrected chi connectivity index (χ2v) is 16.6. The van der Waals surface area contributed by atoms with Gasteiger partial charge in [0.15, 0.2) is 0 Å². The number of anilines is 2. The van der Waals surface area contributed by atoms with Gasteiger partial charge < -0.3 is 11.5 Å².